The highest BCUT2D eigenvalue weighted by atomic mass is 35.5. The van der Waals surface area contributed by atoms with Crippen molar-refractivity contribution in [1.29, 1.82) is 0 Å². The highest BCUT2D eigenvalue weighted by molar-refractivity contribution is 6.40. The van der Waals surface area contributed by atoms with Gasteiger partial charge in [-0.15, -0.1) is 0 Å². The van der Waals surface area contributed by atoms with Crippen molar-refractivity contribution in [3.8, 4) is 0 Å². The van der Waals surface area contributed by atoms with Crippen LogP contribution < -0.4 is 10.4 Å². The average molecular weight is 454 g/mol. The van der Waals surface area contributed by atoms with E-state index in [1.54, 1.807) is 23.2 Å². The van der Waals surface area contributed by atoms with Gasteiger partial charge in [0.15, 0.2) is 0 Å². The second-order valence-electron chi connectivity index (χ2n) is 6.80. The number of hydrazine groups is 1. The number of hydrazone groups is 1. The summed E-state index contributed by atoms with van der Waals surface area (Å²) in [6.45, 7) is 2.47. The molecule has 0 spiro atoms. The summed E-state index contributed by atoms with van der Waals surface area (Å²) >= 11 is 18.5. The monoisotopic (exact) mass is 452 g/mol. The van der Waals surface area contributed by atoms with Gasteiger partial charge in [0.05, 0.1) is 30.0 Å². The lowest BCUT2D eigenvalue weighted by molar-refractivity contribution is -0.121. The molecule has 2 aliphatic rings. The Morgan fingerprint density at radius 2 is 1.72 bits per heavy atom. The summed E-state index contributed by atoms with van der Waals surface area (Å²) < 4.78 is 5.32. The number of morpholine rings is 1. The van der Waals surface area contributed by atoms with Gasteiger partial charge in [-0.05, 0) is 35.9 Å². The molecular formula is C20H19Cl3N4O2. The fraction of sp³-hybridized carbons (Fsp3) is 0.300. The minimum Gasteiger partial charge on any atom is -0.379 e. The van der Waals surface area contributed by atoms with E-state index in [1.165, 1.54) is 0 Å². The summed E-state index contributed by atoms with van der Waals surface area (Å²) in [5.41, 5.74) is 5.02. The second kappa shape index (κ2) is 8.90. The van der Waals surface area contributed by atoms with E-state index < -0.39 is 0 Å². The predicted octanol–water partition coefficient (Wildman–Crippen LogP) is 4.32. The van der Waals surface area contributed by atoms with E-state index in [0.717, 1.165) is 5.56 Å². The molecule has 0 unspecified atom stereocenters. The molecule has 2 heterocycles. The molecule has 152 valence electrons. The lowest BCUT2D eigenvalue weighted by atomic mass is 10.0. The Morgan fingerprint density at radius 3 is 2.41 bits per heavy atom. The highest BCUT2D eigenvalue weighted by Crippen LogP contribution is 2.39. The first-order valence-electron chi connectivity index (χ1n) is 9.22. The van der Waals surface area contributed by atoms with Crippen molar-refractivity contribution in [2.75, 3.05) is 31.3 Å². The third-order valence-corrected chi connectivity index (χ3v) is 5.64. The third-order valence-electron chi connectivity index (χ3n) is 4.85. The normalized spacial score (nSPS) is 19.9. The molecule has 1 amide bonds. The van der Waals surface area contributed by atoms with Crippen LogP contribution in [0, 0.1) is 0 Å². The number of ether oxygens (including phenoxy) is 1. The standard InChI is InChI=1S/C20H19Cl3N4O2/c21-14-3-1-13(2-4-14)19-12-17(20(28)25-26-7-9-29-10-8-26)24-27(19)18-6-5-15(22)11-16(18)23/h1-6,11,19H,7-10,12H2,(H,25,28)/t19-/m1/s1. The molecule has 0 bridgehead atoms. The summed E-state index contributed by atoms with van der Waals surface area (Å²) in [5, 5.41) is 9.89. The van der Waals surface area contributed by atoms with E-state index in [0.29, 0.717) is 59.2 Å². The van der Waals surface area contributed by atoms with E-state index >= 15 is 0 Å². The van der Waals surface area contributed by atoms with E-state index in [1.807, 2.05) is 29.3 Å². The topological polar surface area (TPSA) is 57.2 Å². The van der Waals surface area contributed by atoms with E-state index in [2.05, 4.69) is 10.5 Å². The zero-order valence-corrected chi connectivity index (χ0v) is 17.7. The van der Waals surface area contributed by atoms with Gasteiger partial charge in [-0.2, -0.15) is 5.10 Å². The Balaban J connectivity index is 1.62. The van der Waals surface area contributed by atoms with Crippen LogP contribution in [0.5, 0.6) is 0 Å². The number of carbonyl (C=O) groups is 1. The number of hydrogen-bond acceptors (Lipinski definition) is 5. The minimum atomic E-state index is -0.224. The zero-order chi connectivity index (χ0) is 20.4. The molecule has 0 radical (unpaired) electrons. The molecule has 9 heteroatoms. The lowest BCUT2D eigenvalue weighted by Crippen LogP contribution is -2.50. The molecule has 0 aliphatic carbocycles. The molecule has 2 aromatic rings. The first-order valence-corrected chi connectivity index (χ1v) is 10.4. The Hall–Kier alpha value is -1.83. The summed E-state index contributed by atoms with van der Waals surface area (Å²) in [7, 11) is 0. The van der Waals surface area contributed by atoms with Crippen molar-refractivity contribution in [3.05, 3.63) is 63.1 Å². The van der Waals surface area contributed by atoms with Crippen molar-refractivity contribution in [1.82, 2.24) is 10.4 Å². The van der Waals surface area contributed by atoms with Gasteiger partial charge in [-0.1, -0.05) is 46.9 Å². The van der Waals surface area contributed by atoms with E-state index in [9.17, 15) is 4.79 Å². The van der Waals surface area contributed by atoms with Gasteiger partial charge in [0.25, 0.3) is 5.91 Å². The fourth-order valence-corrected chi connectivity index (χ4v) is 3.99. The number of nitrogens with one attached hydrogen (secondary N) is 1. The molecule has 1 atom stereocenters. The number of hydrogen-bond donors (Lipinski definition) is 1. The van der Waals surface area contributed by atoms with Crippen molar-refractivity contribution in [2.45, 2.75) is 12.5 Å². The molecule has 0 aromatic heterocycles. The van der Waals surface area contributed by atoms with Crippen LogP contribution >= 0.6 is 34.8 Å². The number of amides is 1. The first kappa shape index (κ1) is 20.4. The van der Waals surface area contributed by atoms with Crippen LogP contribution in [-0.2, 0) is 9.53 Å². The average Bonchev–Trinajstić information content (AvgIpc) is 3.14. The number of nitrogens with zero attached hydrogens (tertiary/aromatic N) is 3. The third kappa shape index (κ3) is 4.68. The molecule has 6 nitrogen and oxygen atoms in total. The largest absolute Gasteiger partial charge is 0.379 e. The van der Waals surface area contributed by atoms with Crippen molar-refractivity contribution in [3.63, 3.8) is 0 Å². The summed E-state index contributed by atoms with van der Waals surface area (Å²) in [5.74, 6) is -0.224. The minimum absolute atomic E-state index is 0.184. The van der Waals surface area contributed by atoms with Crippen molar-refractivity contribution in [2.24, 2.45) is 5.10 Å². The summed E-state index contributed by atoms with van der Waals surface area (Å²) in [6, 6.07) is 12.6. The molecule has 29 heavy (non-hydrogen) atoms. The SMILES string of the molecule is O=C(NN1CCOCC1)C1=NN(c2ccc(Cl)cc2Cl)[C@@H](c2ccc(Cl)cc2)C1. The molecule has 4 rings (SSSR count). The van der Waals surface area contributed by atoms with Gasteiger partial charge >= 0.3 is 0 Å². The Kier molecular flexibility index (Phi) is 6.27. The molecule has 1 N–H and O–H groups in total. The summed E-state index contributed by atoms with van der Waals surface area (Å²) in [4.78, 5) is 12.8. The van der Waals surface area contributed by atoms with Crippen LogP contribution in [0.4, 0.5) is 5.69 Å². The van der Waals surface area contributed by atoms with Gasteiger partial charge in [0, 0.05) is 29.6 Å². The highest BCUT2D eigenvalue weighted by Gasteiger charge is 2.34. The van der Waals surface area contributed by atoms with Gasteiger partial charge < -0.3 is 4.74 Å². The maximum atomic E-state index is 12.8. The number of anilines is 1. The van der Waals surface area contributed by atoms with Gasteiger partial charge in [0.2, 0.25) is 0 Å². The van der Waals surface area contributed by atoms with Crippen LogP contribution in [0.15, 0.2) is 47.6 Å². The molecule has 1 saturated heterocycles. The number of carbonyl (C=O) groups excluding carboxylic acids is 1. The Bertz CT molecular complexity index is 930. The van der Waals surface area contributed by atoms with Crippen molar-refractivity contribution >= 4 is 52.1 Å². The van der Waals surface area contributed by atoms with Crippen molar-refractivity contribution < 1.29 is 9.53 Å². The number of halogens is 3. The zero-order valence-electron chi connectivity index (χ0n) is 15.4. The quantitative estimate of drug-likeness (QED) is 0.749. The van der Waals surface area contributed by atoms with Gasteiger partial charge in [0.1, 0.15) is 5.71 Å². The predicted molar refractivity (Wildman–Crippen MR) is 116 cm³/mol. The van der Waals surface area contributed by atoms with E-state index in [4.69, 9.17) is 39.5 Å². The molecular weight excluding hydrogens is 435 g/mol. The molecule has 1 fully saturated rings. The fourth-order valence-electron chi connectivity index (χ4n) is 3.36. The van der Waals surface area contributed by atoms with Crippen LogP contribution in [-0.4, -0.2) is 42.9 Å². The molecule has 2 aromatic carbocycles. The molecule has 2 aliphatic heterocycles. The van der Waals surface area contributed by atoms with Gasteiger partial charge in [-0.3, -0.25) is 15.2 Å². The summed E-state index contributed by atoms with van der Waals surface area (Å²) in [6.07, 6.45) is 0.441. The Morgan fingerprint density at radius 1 is 1.03 bits per heavy atom. The number of rotatable bonds is 4. The maximum absolute atomic E-state index is 12.8. The van der Waals surface area contributed by atoms with Crippen LogP contribution in [0.3, 0.4) is 0 Å². The first-order chi connectivity index (χ1) is 14.0. The second-order valence-corrected chi connectivity index (χ2v) is 8.08. The van der Waals surface area contributed by atoms with Crippen LogP contribution in [0.25, 0.3) is 0 Å². The maximum Gasteiger partial charge on any atom is 0.281 e. The lowest BCUT2D eigenvalue weighted by Gasteiger charge is -2.26. The van der Waals surface area contributed by atoms with E-state index in [-0.39, 0.29) is 11.9 Å². The van der Waals surface area contributed by atoms with Gasteiger partial charge in [-0.25, -0.2) is 5.01 Å². The van der Waals surface area contributed by atoms with Crippen LogP contribution in [0.1, 0.15) is 18.0 Å². The smallest absolute Gasteiger partial charge is 0.281 e. The van der Waals surface area contributed by atoms with Crippen LogP contribution in [0.2, 0.25) is 15.1 Å². The molecule has 0 saturated carbocycles. The Labute approximate surface area is 183 Å². The number of benzene rings is 2.